The molecule has 0 bridgehead atoms. The fourth-order valence-electron chi connectivity index (χ4n) is 1.99. The van der Waals surface area contributed by atoms with E-state index in [2.05, 4.69) is 4.72 Å². The Kier molecular flexibility index (Phi) is 5.69. The molecule has 0 saturated heterocycles. The molecule has 0 radical (unpaired) electrons. The van der Waals surface area contributed by atoms with E-state index >= 15 is 0 Å². The van der Waals surface area contributed by atoms with Gasteiger partial charge in [0.05, 0.1) is 16.5 Å². The fourth-order valence-corrected chi connectivity index (χ4v) is 3.23. The van der Waals surface area contributed by atoms with E-state index in [-0.39, 0.29) is 17.1 Å². The number of rotatable bonds is 7. The lowest BCUT2D eigenvalue weighted by atomic mass is 10.1. The number of carboxylic acids is 1. The van der Waals surface area contributed by atoms with Crippen LogP contribution in [0.5, 0.6) is 5.75 Å². The number of benzene rings is 2. The summed E-state index contributed by atoms with van der Waals surface area (Å²) in [7, 11) is -3.82. The molecule has 0 fully saturated rings. The summed E-state index contributed by atoms with van der Waals surface area (Å²) in [4.78, 5) is 10.5. The molecule has 128 valence electrons. The van der Waals surface area contributed by atoms with E-state index in [0.29, 0.717) is 22.9 Å². The molecule has 1 N–H and O–H groups in total. The molecule has 6 nitrogen and oxygen atoms in total. The summed E-state index contributed by atoms with van der Waals surface area (Å²) in [6.07, 6.45) is -0.234. The van der Waals surface area contributed by atoms with Gasteiger partial charge in [-0.25, -0.2) is 8.42 Å². The maximum absolute atomic E-state index is 12.4. The fraction of sp³-hybridized carbons (Fsp3) is 0.188. The van der Waals surface area contributed by atoms with Gasteiger partial charge in [-0.3, -0.25) is 4.72 Å². The molecule has 24 heavy (non-hydrogen) atoms. The minimum absolute atomic E-state index is 0.00848. The largest absolute Gasteiger partial charge is 0.550 e. The van der Waals surface area contributed by atoms with Crippen molar-refractivity contribution in [2.45, 2.75) is 18.2 Å². The van der Waals surface area contributed by atoms with Gasteiger partial charge >= 0.3 is 0 Å². The van der Waals surface area contributed by atoms with E-state index in [0.717, 1.165) is 0 Å². The number of nitrogens with one attached hydrogen (secondary N) is 1. The quantitative estimate of drug-likeness (QED) is 0.804. The van der Waals surface area contributed by atoms with Crippen LogP contribution in [0, 0.1) is 0 Å². The zero-order valence-electron chi connectivity index (χ0n) is 12.8. The maximum Gasteiger partial charge on any atom is 0.262 e. The highest BCUT2D eigenvalue weighted by molar-refractivity contribution is 7.92. The third-order valence-electron chi connectivity index (χ3n) is 3.07. The second kappa shape index (κ2) is 7.55. The normalized spacial score (nSPS) is 11.1. The average molecular weight is 369 g/mol. The Balaban J connectivity index is 2.22. The number of carbonyl (C=O) groups is 1. The summed E-state index contributed by atoms with van der Waals surface area (Å²) in [5, 5.41) is 10.9. The molecule has 8 heteroatoms. The molecule has 0 heterocycles. The standard InChI is InChI=1S/C16H16ClNO5S/c1-2-23-15-10-13(7-8-14(15)17)24(21,22)18-12-5-3-11(4-6-12)9-16(19)20/h3-8,10,18H,2,9H2,1H3,(H,19,20)/p-1. The van der Waals surface area contributed by atoms with E-state index in [1.807, 2.05) is 0 Å². The number of ether oxygens (including phenoxy) is 1. The SMILES string of the molecule is CCOc1cc(S(=O)(=O)Nc2ccc(CC(=O)[O-])cc2)ccc1Cl. The summed E-state index contributed by atoms with van der Waals surface area (Å²) in [5.41, 5.74) is 0.827. The van der Waals surface area contributed by atoms with Crippen molar-refractivity contribution in [3.05, 3.63) is 53.1 Å². The number of sulfonamides is 1. The first-order chi connectivity index (χ1) is 11.3. The van der Waals surface area contributed by atoms with Crippen molar-refractivity contribution in [2.75, 3.05) is 11.3 Å². The lowest BCUT2D eigenvalue weighted by Gasteiger charge is -2.11. The van der Waals surface area contributed by atoms with Gasteiger partial charge in [0, 0.05) is 24.1 Å². The first-order valence-corrected chi connectivity index (χ1v) is 8.92. The average Bonchev–Trinajstić information content (AvgIpc) is 2.51. The number of carboxylic acid groups (broad SMARTS) is 1. The van der Waals surface area contributed by atoms with Gasteiger partial charge in [0.1, 0.15) is 5.75 Å². The van der Waals surface area contributed by atoms with Crippen molar-refractivity contribution >= 4 is 33.3 Å². The molecule has 0 unspecified atom stereocenters. The van der Waals surface area contributed by atoms with Crippen LogP contribution >= 0.6 is 11.6 Å². The van der Waals surface area contributed by atoms with Gasteiger partial charge in [-0.2, -0.15) is 0 Å². The molecule has 0 amide bonds. The van der Waals surface area contributed by atoms with Crippen LogP contribution in [0.4, 0.5) is 5.69 Å². The zero-order valence-corrected chi connectivity index (χ0v) is 14.4. The molecule has 0 atom stereocenters. The van der Waals surface area contributed by atoms with Crippen LogP contribution in [-0.2, 0) is 21.2 Å². The molecule has 0 aliphatic rings. The third kappa shape index (κ3) is 4.62. The molecular formula is C16H15ClNO5S-. The van der Waals surface area contributed by atoms with E-state index < -0.39 is 16.0 Å². The molecule has 0 aliphatic carbocycles. The van der Waals surface area contributed by atoms with Gasteiger partial charge in [-0.15, -0.1) is 0 Å². The highest BCUT2D eigenvalue weighted by Gasteiger charge is 2.16. The topological polar surface area (TPSA) is 95.5 Å². The third-order valence-corrected chi connectivity index (χ3v) is 4.76. The number of halogens is 1. The summed E-state index contributed by atoms with van der Waals surface area (Å²) in [5.74, 6) is -0.917. The van der Waals surface area contributed by atoms with Crippen LogP contribution < -0.4 is 14.6 Å². The zero-order chi connectivity index (χ0) is 17.7. The van der Waals surface area contributed by atoms with Crippen LogP contribution in [0.25, 0.3) is 0 Å². The van der Waals surface area contributed by atoms with Crippen molar-refractivity contribution in [3.8, 4) is 5.75 Å². The van der Waals surface area contributed by atoms with Gasteiger partial charge < -0.3 is 14.6 Å². The van der Waals surface area contributed by atoms with Crippen LogP contribution in [0.15, 0.2) is 47.4 Å². The minimum Gasteiger partial charge on any atom is -0.550 e. The van der Waals surface area contributed by atoms with E-state index in [4.69, 9.17) is 16.3 Å². The lowest BCUT2D eigenvalue weighted by molar-refractivity contribution is -0.304. The maximum atomic E-state index is 12.4. The molecular weight excluding hydrogens is 354 g/mol. The smallest absolute Gasteiger partial charge is 0.262 e. The number of carbonyl (C=O) groups excluding carboxylic acids is 1. The highest BCUT2D eigenvalue weighted by atomic mass is 35.5. The molecule has 2 aromatic carbocycles. The minimum atomic E-state index is -3.82. The van der Waals surface area contributed by atoms with Crippen molar-refractivity contribution in [1.82, 2.24) is 0 Å². The summed E-state index contributed by atoms with van der Waals surface area (Å²) < 4.78 is 32.5. The number of anilines is 1. The van der Waals surface area contributed by atoms with Crippen LogP contribution in [0.2, 0.25) is 5.02 Å². The Bertz CT molecular complexity index is 834. The van der Waals surface area contributed by atoms with Crippen molar-refractivity contribution in [3.63, 3.8) is 0 Å². The molecule has 0 saturated carbocycles. The molecule has 2 aromatic rings. The summed E-state index contributed by atoms with van der Waals surface area (Å²) >= 11 is 5.95. The van der Waals surface area contributed by atoms with Gasteiger partial charge in [0.25, 0.3) is 10.0 Å². The van der Waals surface area contributed by atoms with Crippen LogP contribution in [0.1, 0.15) is 12.5 Å². The Morgan fingerprint density at radius 2 is 1.88 bits per heavy atom. The van der Waals surface area contributed by atoms with E-state index in [9.17, 15) is 18.3 Å². The molecule has 0 aromatic heterocycles. The first kappa shape index (κ1) is 18.1. The lowest BCUT2D eigenvalue weighted by Crippen LogP contribution is -2.24. The van der Waals surface area contributed by atoms with Gasteiger partial charge in [-0.05, 0) is 36.8 Å². The number of aliphatic carboxylic acids is 1. The Morgan fingerprint density at radius 3 is 2.46 bits per heavy atom. The Labute approximate surface area is 145 Å². The van der Waals surface area contributed by atoms with E-state index in [1.54, 1.807) is 6.92 Å². The van der Waals surface area contributed by atoms with Crippen molar-refractivity contribution in [2.24, 2.45) is 0 Å². The summed E-state index contributed by atoms with van der Waals surface area (Å²) in [6.45, 7) is 2.13. The predicted octanol–water partition coefficient (Wildman–Crippen LogP) is 1.83. The summed E-state index contributed by atoms with van der Waals surface area (Å²) in [6, 6.07) is 10.2. The van der Waals surface area contributed by atoms with E-state index in [1.165, 1.54) is 42.5 Å². The highest BCUT2D eigenvalue weighted by Crippen LogP contribution is 2.28. The Morgan fingerprint density at radius 1 is 1.21 bits per heavy atom. The van der Waals surface area contributed by atoms with Gasteiger partial charge in [-0.1, -0.05) is 23.7 Å². The molecule has 2 rings (SSSR count). The first-order valence-electron chi connectivity index (χ1n) is 7.06. The van der Waals surface area contributed by atoms with Crippen LogP contribution in [0.3, 0.4) is 0 Å². The number of hydrogen-bond donors (Lipinski definition) is 1. The van der Waals surface area contributed by atoms with Crippen molar-refractivity contribution in [1.29, 1.82) is 0 Å². The second-order valence-electron chi connectivity index (χ2n) is 4.88. The molecule has 0 aliphatic heterocycles. The second-order valence-corrected chi connectivity index (χ2v) is 6.97. The van der Waals surface area contributed by atoms with Gasteiger partial charge in [0.2, 0.25) is 0 Å². The predicted molar refractivity (Wildman–Crippen MR) is 88.6 cm³/mol. The molecule has 0 spiro atoms. The van der Waals surface area contributed by atoms with Crippen LogP contribution in [-0.4, -0.2) is 21.0 Å². The monoisotopic (exact) mass is 368 g/mol. The number of hydrogen-bond acceptors (Lipinski definition) is 5. The Hall–Kier alpha value is -2.25. The van der Waals surface area contributed by atoms with Crippen molar-refractivity contribution < 1.29 is 23.1 Å². The van der Waals surface area contributed by atoms with Gasteiger partial charge in [0.15, 0.2) is 0 Å².